The summed E-state index contributed by atoms with van der Waals surface area (Å²) in [5.41, 5.74) is 4.63. The van der Waals surface area contributed by atoms with E-state index < -0.39 is 10.0 Å². The van der Waals surface area contributed by atoms with Gasteiger partial charge in [0.15, 0.2) is 0 Å². The minimum absolute atomic E-state index is 0.269. The Morgan fingerprint density at radius 3 is 2.41 bits per heavy atom. The standard InChI is InChI=1S/C22H20N2O2S/c1-3-18-16(2)13-14-23-22(18)20-15-24(21-12-8-7-11-19(20)21)27(25,26)17-9-5-4-6-10-17/h4-15H,3H2,1-2H3. The molecule has 0 N–H and O–H groups in total. The number of benzene rings is 2. The lowest BCUT2D eigenvalue weighted by molar-refractivity contribution is 0.589. The van der Waals surface area contributed by atoms with Crippen LogP contribution >= 0.6 is 0 Å². The Morgan fingerprint density at radius 2 is 1.67 bits per heavy atom. The Bertz CT molecular complexity index is 1230. The first-order valence-electron chi connectivity index (χ1n) is 8.89. The first kappa shape index (κ1) is 17.5. The summed E-state index contributed by atoms with van der Waals surface area (Å²) < 4.78 is 27.9. The second kappa shape index (κ2) is 6.67. The van der Waals surface area contributed by atoms with Crippen molar-refractivity contribution in [3.05, 3.63) is 84.2 Å². The highest BCUT2D eigenvalue weighted by atomic mass is 32.2. The second-order valence-electron chi connectivity index (χ2n) is 6.48. The molecule has 4 aromatic rings. The van der Waals surface area contributed by atoms with Crippen molar-refractivity contribution in [3.8, 4) is 11.3 Å². The number of nitrogens with zero attached hydrogens (tertiary/aromatic N) is 2. The Balaban J connectivity index is 2.04. The number of para-hydroxylation sites is 1. The molecule has 0 fully saturated rings. The van der Waals surface area contributed by atoms with Gasteiger partial charge in [-0.25, -0.2) is 12.4 Å². The third kappa shape index (κ3) is 2.84. The van der Waals surface area contributed by atoms with Crippen LogP contribution in [0.25, 0.3) is 22.2 Å². The molecule has 2 aromatic heterocycles. The van der Waals surface area contributed by atoms with Crippen LogP contribution in [0.1, 0.15) is 18.1 Å². The molecule has 2 heterocycles. The summed E-state index contributed by atoms with van der Waals surface area (Å²) in [6.07, 6.45) is 4.31. The predicted molar refractivity (Wildman–Crippen MR) is 108 cm³/mol. The van der Waals surface area contributed by atoms with Crippen molar-refractivity contribution in [3.63, 3.8) is 0 Å². The molecule has 0 amide bonds. The van der Waals surface area contributed by atoms with E-state index in [2.05, 4.69) is 18.8 Å². The third-order valence-corrected chi connectivity index (χ3v) is 6.56. The normalized spacial score (nSPS) is 11.8. The maximum Gasteiger partial charge on any atom is 0.268 e. The molecule has 27 heavy (non-hydrogen) atoms. The number of hydrogen-bond acceptors (Lipinski definition) is 3. The van der Waals surface area contributed by atoms with E-state index in [-0.39, 0.29) is 4.90 Å². The molecule has 0 radical (unpaired) electrons. The van der Waals surface area contributed by atoms with Gasteiger partial charge in [0.2, 0.25) is 0 Å². The zero-order valence-electron chi connectivity index (χ0n) is 15.3. The fraction of sp³-hybridized carbons (Fsp3) is 0.136. The zero-order valence-corrected chi connectivity index (χ0v) is 16.1. The van der Waals surface area contributed by atoms with Crippen molar-refractivity contribution >= 4 is 20.9 Å². The van der Waals surface area contributed by atoms with Gasteiger partial charge in [0, 0.05) is 23.3 Å². The summed E-state index contributed by atoms with van der Waals surface area (Å²) in [4.78, 5) is 4.86. The van der Waals surface area contributed by atoms with Crippen molar-refractivity contribution in [2.45, 2.75) is 25.2 Å². The molecule has 0 aliphatic heterocycles. The van der Waals surface area contributed by atoms with E-state index in [0.717, 1.165) is 34.2 Å². The first-order chi connectivity index (χ1) is 13.0. The highest BCUT2D eigenvalue weighted by molar-refractivity contribution is 7.90. The van der Waals surface area contributed by atoms with Gasteiger partial charge in [-0.05, 0) is 48.7 Å². The van der Waals surface area contributed by atoms with Crippen LogP contribution in [0.15, 0.2) is 78.0 Å². The predicted octanol–water partition coefficient (Wildman–Crippen LogP) is 4.81. The molecule has 2 aromatic carbocycles. The molecule has 0 aliphatic carbocycles. The van der Waals surface area contributed by atoms with Gasteiger partial charge >= 0.3 is 0 Å². The fourth-order valence-corrected chi connectivity index (χ4v) is 4.90. The van der Waals surface area contributed by atoms with Crippen LogP contribution in [0.3, 0.4) is 0 Å². The summed E-state index contributed by atoms with van der Waals surface area (Å²) in [5, 5.41) is 0.879. The van der Waals surface area contributed by atoms with Crippen molar-refractivity contribution in [1.29, 1.82) is 0 Å². The maximum absolute atomic E-state index is 13.3. The SMILES string of the molecule is CCc1c(C)ccnc1-c1cn(S(=O)(=O)c2ccccc2)c2ccccc12. The second-order valence-corrected chi connectivity index (χ2v) is 8.30. The Kier molecular flexibility index (Phi) is 4.32. The molecule has 0 saturated heterocycles. The van der Waals surface area contributed by atoms with Gasteiger partial charge in [0.1, 0.15) is 0 Å². The molecule has 4 rings (SSSR count). The van der Waals surface area contributed by atoms with Crippen LogP contribution < -0.4 is 0 Å². The summed E-state index contributed by atoms with van der Waals surface area (Å²) in [6, 6.07) is 18.1. The van der Waals surface area contributed by atoms with E-state index in [0.29, 0.717) is 5.52 Å². The van der Waals surface area contributed by atoms with Crippen molar-refractivity contribution in [1.82, 2.24) is 8.96 Å². The van der Waals surface area contributed by atoms with Crippen LogP contribution in [0.2, 0.25) is 0 Å². The average molecular weight is 376 g/mol. The summed E-state index contributed by atoms with van der Waals surface area (Å²) in [6.45, 7) is 4.15. The number of aryl methyl sites for hydroxylation is 1. The lowest BCUT2D eigenvalue weighted by atomic mass is 9.99. The van der Waals surface area contributed by atoms with E-state index in [4.69, 9.17) is 0 Å². The van der Waals surface area contributed by atoms with Gasteiger partial charge in [-0.2, -0.15) is 0 Å². The Hall–Kier alpha value is -2.92. The van der Waals surface area contributed by atoms with E-state index >= 15 is 0 Å². The molecule has 0 unspecified atom stereocenters. The van der Waals surface area contributed by atoms with Crippen LogP contribution in [0.5, 0.6) is 0 Å². The quantitative estimate of drug-likeness (QED) is 0.513. The number of aromatic nitrogens is 2. The van der Waals surface area contributed by atoms with Gasteiger partial charge in [0.05, 0.1) is 16.1 Å². The van der Waals surface area contributed by atoms with Gasteiger partial charge in [0.25, 0.3) is 10.0 Å². The molecule has 0 atom stereocenters. The summed E-state index contributed by atoms with van der Waals surface area (Å²) in [5.74, 6) is 0. The number of rotatable bonds is 4. The largest absolute Gasteiger partial charge is 0.268 e. The van der Waals surface area contributed by atoms with Gasteiger partial charge in [-0.3, -0.25) is 4.98 Å². The lowest BCUT2D eigenvalue weighted by Gasteiger charge is -2.09. The fourth-order valence-electron chi connectivity index (χ4n) is 3.51. The van der Waals surface area contributed by atoms with Crippen LogP contribution in [0, 0.1) is 6.92 Å². The highest BCUT2D eigenvalue weighted by Crippen LogP contribution is 2.34. The topological polar surface area (TPSA) is 52.0 Å². The smallest absolute Gasteiger partial charge is 0.256 e. The van der Waals surface area contributed by atoms with Crippen molar-refractivity contribution < 1.29 is 8.42 Å². The summed E-state index contributed by atoms with van der Waals surface area (Å²) in [7, 11) is -3.69. The average Bonchev–Trinajstić information content (AvgIpc) is 3.09. The number of fused-ring (bicyclic) bond motifs is 1. The Labute approximate surface area is 159 Å². The molecular weight excluding hydrogens is 356 g/mol. The third-order valence-electron chi connectivity index (χ3n) is 4.88. The molecular formula is C22H20N2O2S. The molecule has 0 saturated carbocycles. The Morgan fingerprint density at radius 1 is 0.963 bits per heavy atom. The van der Waals surface area contributed by atoms with E-state index in [1.165, 1.54) is 3.97 Å². The lowest BCUT2D eigenvalue weighted by Crippen LogP contribution is -2.11. The van der Waals surface area contributed by atoms with Crippen LogP contribution in [-0.4, -0.2) is 17.4 Å². The number of pyridine rings is 1. The van der Waals surface area contributed by atoms with Crippen LogP contribution in [-0.2, 0) is 16.4 Å². The molecule has 5 heteroatoms. The zero-order chi connectivity index (χ0) is 19.0. The monoisotopic (exact) mass is 376 g/mol. The van der Waals surface area contributed by atoms with Crippen LogP contribution in [0.4, 0.5) is 0 Å². The highest BCUT2D eigenvalue weighted by Gasteiger charge is 2.22. The first-order valence-corrected chi connectivity index (χ1v) is 10.3. The summed E-state index contributed by atoms with van der Waals surface area (Å²) >= 11 is 0. The minimum atomic E-state index is -3.69. The molecule has 0 spiro atoms. The maximum atomic E-state index is 13.3. The van der Waals surface area contributed by atoms with Gasteiger partial charge in [-0.1, -0.05) is 43.3 Å². The van der Waals surface area contributed by atoms with Crippen molar-refractivity contribution in [2.75, 3.05) is 0 Å². The van der Waals surface area contributed by atoms with E-state index in [9.17, 15) is 8.42 Å². The van der Waals surface area contributed by atoms with Crippen molar-refractivity contribution in [2.24, 2.45) is 0 Å². The molecule has 0 bridgehead atoms. The van der Waals surface area contributed by atoms with E-state index in [1.54, 1.807) is 36.7 Å². The molecule has 136 valence electrons. The molecule has 0 aliphatic rings. The van der Waals surface area contributed by atoms with Gasteiger partial charge < -0.3 is 0 Å². The molecule has 4 nitrogen and oxygen atoms in total. The minimum Gasteiger partial charge on any atom is -0.256 e. The van der Waals surface area contributed by atoms with Gasteiger partial charge in [-0.15, -0.1) is 0 Å². The number of hydrogen-bond donors (Lipinski definition) is 0. The van der Waals surface area contributed by atoms with E-state index in [1.807, 2.05) is 36.4 Å².